The van der Waals surface area contributed by atoms with Gasteiger partial charge in [0.1, 0.15) is 8.42 Å². The number of hydrogen-bond donors (Lipinski definition) is 1. The third-order valence-electron chi connectivity index (χ3n) is 3.62. The Kier molecular flexibility index (Phi) is 6.69. The average Bonchev–Trinajstić information content (AvgIpc) is 3.22. The van der Waals surface area contributed by atoms with Crippen LogP contribution in [0, 0.1) is 0 Å². The third kappa shape index (κ3) is 5.20. The zero-order valence-electron chi connectivity index (χ0n) is 14.9. The number of thioether (sulfide) groups is 1. The van der Waals surface area contributed by atoms with Crippen LogP contribution in [-0.2, 0) is 19.9 Å². The van der Waals surface area contributed by atoms with Gasteiger partial charge in [0, 0.05) is 10.7 Å². The molecule has 0 fully saturated rings. The van der Waals surface area contributed by atoms with Crippen LogP contribution in [-0.4, -0.2) is 28.3 Å². The van der Waals surface area contributed by atoms with E-state index in [0.29, 0.717) is 22.0 Å². The van der Waals surface area contributed by atoms with Crippen molar-refractivity contribution >= 4 is 65.4 Å². The summed E-state index contributed by atoms with van der Waals surface area (Å²) in [5.41, 5.74) is 0.622. The molecule has 1 N–H and O–H groups in total. The number of sulfone groups is 1. The smallest absolute Gasteiger partial charge is 0.294 e. The van der Waals surface area contributed by atoms with Gasteiger partial charge in [0.15, 0.2) is 5.17 Å². The van der Waals surface area contributed by atoms with E-state index >= 15 is 0 Å². The van der Waals surface area contributed by atoms with Crippen molar-refractivity contribution in [2.75, 3.05) is 11.6 Å². The number of thiophene rings is 1. The Bertz CT molecular complexity index is 1240. The van der Waals surface area contributed by atoms with Gasteiger partial charge in [-0.15, -0.1) is 15.7 Å². The molecule has 0 unspecified atom stereocenters. The summed E-state index contributed by atoms with van der Waals surface area (Å²) in [5, 5.41) is 3.61. The van der Waals surface area contributed by atoms with Crippen LogP contribution in [0.5, 0.6) is 0 Å². The van der Waals surface area contributed by atoms with Gasteiger partial charge in [0.05, 0.1) is 4.90 Å². The molecule has 152 valence electrons. The molecule has 11 heteroatoms. The highest BCUT2D eigenvalue weighted by atomic mass is 35.5. The number of nitrogens with one attached hydrogen (secondary N) is 1. The lowest BCUT2D eigenvalue weighted by Crippen LogP contribution is -2.10. The predicted molar refractivity (Wildman–Crippen MR) is 119 cm³/mol. The maximum Gasteiger partial charge on any atom is 0.294 e. The Morgan fingerprint density at radius 1 is 0.931 bits per heavy atom. The van der Waals surface area contributed by atoms with E-state index in [4.69, 9.17) is 11.6 Å². The number of sulfonamides is 1. The van der Waals surface area contributed by atoms with Gasteiger partial charge in [0.25, 0.3) is 10.0 Å². The van der Waals surface area contributed by atoms with Crippen molar-refractivity contribution in [1.82, 2.24) is 0 Å². The Morgan fingerprint density at radius 3 is 2.17 bits per heavy atom. The van der Waals surface area contributed by atoms with Crippen molar-refractivity contribution < 1.29 is 16.8 Å². The lowest BCUT2D eigenvalue weighted by Gasteiger charge is -2.07. The van der Waals surface area contributed by atoms with Gasteiger partial charge in [-0.2, -0.15) is 8.42 Å². The quantitative estimate of drug-likeness (QED) is 0.413. The minimum Gasteiger partial charge on any atom is -0.334 e. The molecule has 0 saturated carbocycles. The minimum atomic E-state index is -4.09. The number of anilines is 1. The van der Waals surface area contributed by atoms with Crippen LogP contribution in [0.25, 0.3) is 0 Å². The molecule has 1 aromatic heterocycles. The number of nitrogens with zero attached hydrogens (tertiary/aromatic N) is 1. The van der Waals surface area contributed by atoms with Crippen molar-refractivity contribution in [3.63, 3.8) is 0 Å². The molecule has 0 aliphatic heterocycles. The van der Waals surface area contributed by atoms with Gasteiger partial charge < -0.3 is 5.32 Å². The molecule has 0 saturated heterocycles. The Balaban J connectivity index is 1.89. The van der Waals surface area contributed by atoms with Gasteiger partial charge in [-0.1, -0.05) is 41.6 Å². The van der Waals surface area contributed by atoms with Gasteiger partial charge in [0.2, 0.25) is 9.84 Å². The fourth-order valence-corrected chi connectivity index (χ4v) is 7.18. The van der Waals surface area contributed by atoms with E-state index in [-0.39, 0.29) is 18.5 Å². The van der Waals surface area contributed by atoms with Gasteiger partial charge in [-0.3, -0.25) is 0 Å². The largest absolute Gasteiger partial charge is 0.334 e. The third-order valence-corrected chi connectivity index (χ3v) is 9.66. The summed E-state index contributed by atoms with van der Waals surface area (Å²) in [6.07, 6.45) is 1.68. The molecule has 3 rings (SSSR count). The highest BCUT2D eigenvalue weighted by Crippen LogP contribution is 2.31. The summed E-state index contributed by atoms with van der Waals surface area (Å²) >= 11 is 7.62. The molecule has 0 amide bonds. The molecule has 0 spiro atoms. The number of benzene rings is 2. The maximum atomic E-state index is 12.7. The normalized spacial score (nSPS) is 12.7. The van der Waals surface area contributed by atoms with E-state index in [2.05, 4.69) is 9.71 Å². The maximum absolute atomic E-state index is 12.7. The van der Waals surface area contributed by atoms with E-state index in [0.717, 1.165) is 11.8 Å². The van der Waals surface area contributed by atoms with Crippen molar-refractivity contribution in [2.45, 2.75) is 13.3 Å². The first-order valence-electron chi connectivity index (χ1n) is 8.04. The summed E-state index contributed by atoms with van der Waals surface area (Å²) in [6, 6.07) is 17.1. The standard InChI is InChI=1S/C18H15ClN2O4S4/c1-26-18(20-14-9-7-13(19)8-10-14)21-29(24,25)17-12-11-16(27-17)28(22,23)15-5-3-2-4-6-15/h2-12H,1H3,(H,20,21). The molecule has 0 aliphatic rings. The number of rotatable bonds is 5. The summed E-state index contributed by atoms with van der Waals surface area (Å²) in [4.78, 5) is 0.100. The van der Waals surface area contributed by atoms with E-state index in [1.165, 1.54) is 24.3 Å². The van der Waals surface area contributed by atoms with Crippen LogP contribution < -0.4 is 5.32 Å². The second kappa shape index (κ2) is 8.88. The van der Waals surface area contributed by atoms with Crippen LogP contribution in [0.2, 0.25) is 5.02 Å². The zero-order chi connectivity index (χ0) is 21.1. The molecule has 0 aliphatic carbocycles. The second-order valence-electron chi connectivity index (χ2n) is 5.60. The summed E-state index contributed by atoms with van der Waals surface area (Å²) < 4.78 is 54.3. The number of amidine groups is 1. The molecule has 3 aromatic rings. The van der Waals surface area contributed by atoms with Crippen LogP contribution in [0.15, 0.2) is 84.4 Å². The Hall–Kier alpha value is -1.85. The van der Waals surface area contributed by atoms with E-state index in [1.54, 1.807) is 48.7 Å². The second-order valence-corrected chi connectivity index (χ2v) is 11.9. The summed E-state index contributed by atoms with van der Waals surface area (Å²) in [7, 11) is -7.88. The van der Waals surface area contributed by atoms with Gasteiger partial charge in [-0.25, -0.2) is 8.42 Å². The summed E-state index contributed by atoms with van der Waals surface area (Å²) in [5.74, 6) is 0. The fraction of sp³-hybridized carbons (Fsp3) is 0.0556. The van der Waals surface area contributed by atoms with E-state index in [1.807, 2.05) is 0 Å². The highest BCUT2D eigenvalue weighted by molar-refractivity contribution is 8.14. The minimum absolute atomic E-state index is 0.0613. The monoisotopic (exact) mass is 486 g/mol. The van der Waals surface area contributed by atoms with Crippen LogP contribution >= 0.6 is 34.7 Å². The zero-order valence-corrected chi connectivity index (χ0v) is 19.0. The first-order valence-corrected chi connectivity index (χ1v) is 13.4. The molecule has 0 bridgehead atoms. The first-order chi connectivity index (χ1) is 13.7. The first kappa shape index (κ1) is 21.8. The summed E-state index contributed by atoms with van der Waals surface area (Å²) in [6.45, 7) is 0. The van der Waals surface area contributed by atoms with Crippen molar-refractivity contribution in [2.24, 2.45) is 4.40 Å². The van der Waals surface area contributed by atoms with Crippen molar-refractivity contribution in [3.8, 4) is 0 Å². The van der Waals surface area contributed by atoms with Gasteiger partial charge >= 0.3 is 0 Å². The van der Waals surface area contributed by atoms with Crippen molar-refractivity contribution in [3.05, 3.63) is 71.8 Å². The Morgan fingerprint density at radius 2 is 1.55 bits per heavy atom. The van der Waals surface area contributed by atoms with Crippen LogP contribution in [0.4, 0.5) is 5.69 Å². The molecule has 2 aromatic carbocycles. The molecule has 29 heavy (non-hydrogen) atoms. The molecule has 6 nitrogen and oxygen atoms in total. The van der Waals surface area contributed by atoms with E-state index in [9.17, 15) is 16.8 Å². The highest BCUT2D eigenvalue weighted by Gasteiger charge is 2.24. The number of hydrogen-bond acceptors (Lipinski definition) is 6. The molecule has 0 atom stereocenters. The van der Waals surface area contributed by atoms with Crippen LogP contribution in [0.3, 0.4) is 0 Å². The SMILES string of the molecule is CS/C(=N\S(=O)(=O)c1ccc(S(=O)(=O)c2ccccc2)s1)Nc1ccc(Cl)cc1. The average molecular weight is 487 g/mol. The van der Waals surface area contributed by atoms with Crippen molar-refractivity contribution in [1.29, 1.82) is 0 Å². The lowest BCUT2D eigenvalue weighted by atomic mass is 10.3. The topological polar surface area (TPSA) is 92.7 Å². The Labute approximate surface area is 182 Å². The molecule has 1 heterocycles. The van der Waals surface area contributed by atoms with Crippen LogP contribution in [0.1, 0.15) is 0 Å². The predicted octanol–water partition coefficient (Wildman–Crippen LogP) is 4.75. The molecular formula is C18H15ClN2O4S4. The lowest BCUT2D eigenvalue weighted by molar-refractivity contribution is 0.597. The molecular weight excluding hydrogens is 472 g/mol. The molecule has 0 radical (unpaired) electrons. The fourth-order valence-electron chi connectivity index (χ4n) is 2.22. The number of halogens is 1. The van der Waals surface area contributed by atoms with Gasteiger partial charge in [-0.05, 0) is 54.8 Å². The van der Waals surface area contributed by atoms with E-state index < -0.39 is 19.9 Å².